The molecule has 1 atom stereocenters. The maximum Gasteiger partial charge on any atom is 0.434 e. The molecule has 3 heterocycles. The predicted octanol–water partition coefficient (Wildman–Crippen LogP) is 0.525. The van der Waals surface area contributed by atoms with Crippen LogP contribution in [-0.2, 0) is 16.1 Å². The molecule has 3 fully saturated rings. The first-order valence-corrected chi connectivity index (χ1v) is 10.3. The number of imide groups is 1. The third-order valence-corrected chi connectivity index (χ3v) is 5.91. The normalized spacial score (nSPS) is 22.0. The zero-order chi connectivity index (χ0) is 22.0. The summed E-state index contributed by atoms with van der Waals surface area (Å²) in [5.41, 5.74) is 1.26. The third kappa shape index (κ3) is 4.41. The minimum absolute atomic E-state index is 0.0790. The Hall–Kier alpha value is -3.34. The Labute approximate surface area is 179 Å². The Morgan fingerprint density at radius 2 is 1.65 bits per heavy atom. The van der Waals surface area contributed by atoms with Gasteiger partial charge < -0.3 is 24.6 Å². The molecule has 0 aliphatic carbocycles. The van der Waals surface area contributed by atoms with Crippen molar-refractivity contribution in [3.05, 3.63) is 35.9 Å². The van der Waals surface area contributed by atoms with Gasteiger partial charge in [0.1, 0.15) is 6.04 Å². The van der Waals surface area contributed by atoms with Crippen LogP contribution in [0.1, 0.15) is 5.56 Å². The zero-order valence-electron chi connectivity index (χ0n) is 17.1. The van der Waals surface area contributed by atoms with Crippen LogP contribution in [0.4, 0.5) is 14.4 Å². The number of urea groups is 1. The van der Waals surface area contributed by atoms with Gasteiger partial charge in [0, 0.05) is 45.8 Å². The molecule has 0 saturated carbocycles. The van der Waals surface area contributed by atoms with E-state index in [1.807, 2.05) is 18.2 Å². The minimum Gasteiger partial charge on any atom is -0.465 e. The van der Waals surface area contributed by atoms with Crippen molar-refractivity contribution in [1.82, 2.24) is 24.7 Å². The fourth-order valence-corrected chi connectivity index (χ4v) is 4.05. The third-order valence-electron chi connectivity index (χ3n) is 5.91. The standard InChI is InChI=1S/C20H25N5O6/c26-17-16-14-23(19(28)29)12-13-24(16)18(27)25(17)31-20(30)22-10-8-21(9-11-22)7-6-15-4-2-1-3-5-15/h1-5,16H,6-14H2,(H,28,29). The quantitative estimate of drug-likeness (QED) is 0.692. The molecule has 1 aromatic rings. The van der Waals surface area contributed by atoms with Gasteiger partial charge in [0.2, 0.25) is 0 Å². The van der Waals surface area contributed by atoms with E-state index >= 15 is 0 Å². The summed E-state index contributed by atoms with van der Waals surface area (Å²) in [6, 6.07) is 8.49. The first-order valence-electron chi connectivity index (χ1n) is 10.3. The fourth-order valence-electron chi connectivity index (χ4n) is 4.05. The number of hydrogen-bond acceptors (Lipinski definition) is 6. The van der Waals surface area contributed by atoms with Gasteiger partial charge in [0.15, 0.2) is 0 Å². The van der Waals surface area contributed by atoms with E-state index in [4.69, 9.17) is 9.94 Å². The number of hydrogen-bond donors (Lipinski definition) is 1. The maximum absolute atomic E-state index is 12.5. The van der Waals surface area contributed by atoms with Crippen LogP contribution in [0.15, 0.2) is 30.3 Å². The summed E-state index contributed by atoms with van der Waals surface area (Å²) >= 11 is 0. The van der Waals surface area contributed by atoms with Crippen molar-refractivity contribution in [2.45, 2.75) is 12.5 Å². The van der Waals surface area contributed by atoms with Gasteiger partial charge in [-0.3, -0.25) is 9.69 Å². The number of hydroxylamine groups is 2. The van der Waals surface area contributed by atoms with Crippen LogP contribution in [0.5, 0.6) is 0 Å². The molecule has 3 saturated heterocycles. The average molecular weight is 431 g/mol. The Kier molecular flexibility index (Phi) is 5.94. The highest BCUT2D eigenvalue weighted by Crippen LogP contribution is 2.23. The second kappa shape index (κ2) is 8.80. The highest BCUT2D eigenvalue weighted by Gasteiger charge is 2.51. The Balaban J connectivity index is 1.27. The topological polar surface area (TPSA) is 114 Å². The van der Waals surface area contributed by atoms with Crippen LogP contribution >= 0.6 is 0 Å². The number of carbonyl (C=O) groups is 4. The summed E-state index contributed by atoms with van der Waals surface area (Å²) < 4.78 is 0. The van der Waals surface area contributed by atoms with Crippen LogP contribution in [0.3, 0.4) is 0 Å². The molecule has 11 nitrogen and oxygen atoms in total. The van der Waals surface area contributed by atoms with Crippen LogP contribution < -0.4 is 0 Å². The molecule has 11 heteroatoms. The van der Waals surface area contributed by atoms with Crippen molar-refractivity contribution in [3.63, 3.8) is 0 Å². The van der Waals surface area contributed by atoms with E-state index in [0.29, 0.717) is 31.2 Å². The van der Waals surface area contributed by atoms with Gasteiger partial charge in [-0.2, -0.15) is 0 Å². The molecule has 3 aliphatic rings. The Morgan fingerprint density at radius 1 is 0.968 bits per heavy atom. The SMILES string of the molecule is O=C(O)N1CCN2C(=O)N(OC(=O)N3CCN(CCc4ccccc4)CC3)C(=O)C2C1. The lowest BCUT2D eigenvalue weighted by molar-refractivity contribution is -0.152. The second-order valence-electron chi connectivity index (χ2n) is 7.77. The zero-order valence-corrected chi connectivity index (χ0v) is 17.1. The van der Waals surface area contributed by atoms with Crippen molar-refractivity contribution in [1.29, 1.82) is 0 Å². The maximum atomic E-state index is 12.5. The monoisotopic (exact) mass is 431 g/mol. The molecule has 166 valence electrons. The van der Waals surface area contributed by atoms with Gasteiger partial charge >= 0.3 is 18.2 Å². The largest absolute Gasteiger partial charge is 0.465 e. The fraction of sp³-hybridized carbons (Fsp3) is 0.500. The smallest absolute Gasteiger partial charge is 0.434 e. The molecule has 31 heavy (non-hydrogen) atoms. The van der Waals surface area contributed by atoms with Gasteiger partial charge in [-0.1, -0.05) is 35.4 Å². The van der Waals surface area contributed by atoms with E-state index in [9.17, 15) is 19.2 Å². The number of nitrogens with zero attached hydrogens (tertiary/aromatic N) is 5. The molecule has 1 N–H and O–H groups in total. The van der Waals surface area contributed by atoms with Gasteiger partial charge in [0.05, 0.1) is 6.54 Å². The second-order valence-corrected chi connectivity index (χ2v) is 7.77. The van der Waals surface area contributed by atoms with Gasteiger partial charge in [-0.05, 0) is 12.0 Å². The van der Waals surface area contributed by atoms with E-state index in [2.05, 4.69) is 17.0 Å². The van der Waals surface area contributed by atoms with Crippen molar-refractivity contribution >= 4 is 24.1 Å². The van der Waals surface area contributed by atoms with E-state index in [0.717, 1.165) is 17.9 Å². The summed E-state index contributed by atoms with van der Waals surface area (Å²) in [4.78, 5) is 59.9. The Morgan fingerprint density at radius 3 is 2.32 bits per heavy atom. The summed E-state index contributed by atoms with van der Waals surface area (Å²) in [5.74, 6) is -0.717. The van der Waals surface area contributed by atoms with Crippen LogP contribution in [0.25, 0.3) is 0 Å². The lowest BCUT2D eigenvalue weighted by atomic mass is 10.1. The van der Waals surface area contributed by atoms with Gasteiger partial charge in [0.25, 0.3) is 5.91 Å². The number of carboxylic acid groups (broad SMARTS) is 1. The number of carbonyl (C=O) groups excluding carboxylic acids is 3. The first kappa shape index (κ1) is 20.9. The lowest BCUT2D eigenvalue weighted by Gasteiger charge is -2.34. The molecular formula is C20H25N5O6. The summed E-state index contributed by atoms with van der Waals surface area (Å²) in [7, 11) is 0. The number of amides is 5. The van der Waals surface area contributed by atoms with Gasteiger partial charge in [-0.15, -0.1) is 0 Å². The van der Waals surface area contributed by atoms with Crippen LogP contribution in [0, 0.1) is 0 Å². The van der Waals surface area contributed by atoms with Gasteiger partial charge in [-0.25, -0.2) is 14.4 Å². The van der Waals surface area contributed by atoms with Crippen molar-refractivity contribution < 1.29 is 29.1 Å². The molecule has 0 aromatic heterocycles. The molecule has 0 bridgehead atoms. The minimum atomic E-state index is -1.15. The predicted molar refractivity (Wildman–Crippen MR) is 107 cm³/mol. The number of rotatable bonds is 4. The summed E-state index contributed by atoms with van der Waals surface area (Å²) in [5, 5.41) is 9.59. The molecule has 5 amide bonds. The van der Waals surface area contributed by atoms with Crippen molar-refractivity contribution in [2.75, 3.05) is 52.4 Å². The van der Waals surface area contributed by atoms with E-state index in [-0.39, 0.29) is 19.6 Å². The molecule has 3 aliphatic heterocycles. The average Bonchev–Trinajstić information content (AvgIpc) is 3.03. The molecule has 0 spiro atoms. The number of fused-ring (bicyclic) bond motifs is 1. The highest BCUT2D eigenvalue weighted by atomic mass is 16.7. The van der Waals surface area contributed by atoms with E-state index in [1.54, 1.807) is 0 Å². The lowest BCUT2D eigenvalue weighted by Crippen LogP contribution is -2.54. The van der Waals surface area contributed by atoms with Crippen LogP contribution in [0.2, 0.25) is 0 Å². The van der Waals surface area contributed by atoms with Crippen molar-refractivity contribution in [3.8, 4) is 0 Å². The van der Waals surface area contributed by atoms with Crippen LogP contribution in [-0.4, -0.2) is 112 Å². The Bertz CT molecular complexity index is 857. The molecule has 1 aromatic carbocycles. The van der Waals surface area contributed by atoms with E-state index in [1.165, 1.54) is 15.4 Å². The summed E-state index contributed by atoms with van der Waals surface area (Å²) in [6.45, 7) is 3.15. The highest BCUT2D eigenvalue weighted by molar-refractivity contribution is 6.04. The van der Waals surface area contributed by atoms with E-state index < -0.39 is 30.2 Å². The molecular weight excluding hydrogens is 406 g/mol. The number of piperazine rings is 2. The number of benzene rings is 1. The molecule has 4 rings (SSSR count). The van der Waals surface area contributed by atoms with Crippen molar-refractivity contribution in [2.24, 2.45) is 0 Å². The molecule has 0 radical (unpaired) electrons. The molecule has 1 unspecified atom stereocenters. The summed E-state index contributed by atoms with van der Waals surface area (Å²) in [6.07, 6.45) is -0.980. The first-order chi connectivity index (χ1) is 14.9.